The van der Waals surface area contributed by atoms with Crippen molar-refractivity contribution in [3.8, 4) is 5.75 Å². The first kappa shape index (κ1) is 10.3. The largest absolute Gasteiger partial charge is 0.507 e. The second-order valence-electron chi connectivity index (χ2n) is 2.90. The van der Waals surface area contributed by atoms with E-state index in [2.05, 4.69) is 6.58 Å². The fourth-order valence-electron chi connectivity index (χ4n) is 1.09. The van der Waals surface area contributed by atoms with Crippen molar-refractivity contribution in [2.24, 2.45) is 11.5 Å². The summed E-state index contributed by atoms with van der Waals surface area (Å²) >= 11 is 0. The van der Waals surface area contributed by atoms with E-state index in [9.17, 15) is 9.90 Å². The molecule has 1 amide bonds. The van der Waals surface area contributed by atoms with Crippen LogP contribution in [0.15, 0.2) is 30.9 Å². The van der Waals surface area contributed by atoms with Gasteiger partial charge in [0.15, 0.2) is 0 Å². The highest BCUT2D eigenvalue weighted by Gasteiger charge is 2.10. The number of carbonyl (C=O) groups is 1. The van der Waals surface area contributed by atoms with Gasteiger partial charge in [0, 0.05) is 6.04 Å². The molecule has 5 N–H and O–H groups in total. The zero-order valence-corrected chi connectivity index (χ0v) is 7.60. The monoisotopic (exact) mass is 192 g/mol. The molecule has 0 aromatic heterocycles. The summed E-state index contributed by atoms with van der Waals surface area (Å²) in [7, 11) is 0. The highest BCUT2D eigenvalue weighted by molar-refractivity contribution is 5.95. The Kier molecular flexibility index (Phi) is 2.89. The van der Waals surface area contributed by atoms with Gasteiger partial charge in [0.1, 0.15) is 5.75 Å². The SMILES string of the molecule is C=CC(N)c1ccc(O)c(C(N)=O)c1. The van der Waals surface area contributed by atoms with Gasteiger partial charge in [0.05, 0.1) is 5.56 Å². The highest BCUT2D eigenvalue weighted by Crippen LogP contribution is 2.21. The second kappa shape index (κ2) is 3.93. The minimum Gasteiger partial charge on any atom is -0.507 e. The molecule has 0 aliphatic carbocycles. The molecule has 0 heterocycles. The van der Waals surface area contributed by atoms with Crippen LogP contribution in [0.3, 0.4) is 0 Å². The lowest BCUT2D eigenvalue weighted by Crippen LogP contribution is -2.13. The van der Waals surface area contributed by atoms with E-state index in [1.165, 1.54) is 18.2 Å². The molecule has 4 nitrogen and oxygen atoms in total. The van der Waals surface area contributed by atoms with Crippen molar-refractivity contribution in [2.45, 2.75) is 6.04 Å². The van der Waals surface area contributed by atoms with Crippen LogP contribution in [0, 0.1) is 0 Å². The maximum atomic E-state index is 10.9. The third kappa shape index (κ3) is 1.92. The van der Waals surface area contributed by atoms with Gasteiger partial charge in [-0.25, -0.2) is 0 Å². The molecule has 0 bridgehead atoms. The lowest BCUT2D eigenvalue weighted by Gasteiger charge is -2.08. The predicted octanol–water partition coefficient (Wildman–Crippen LogP) is 0.677. The highest BCUT2D eigenvalue weighted by atomic mass is 16.3. The van der Waals surface area contributed by atoms with Crippen molar-refractivity contribution in [1.29, 1.82) is 0 Å². The number of rotatable bonds is 3. The molecule has 0 saturated carbocycles. The number of phenols is 1. The van der Waals surface area contributed by atoms with Crippen LogP contribution in [0.4, 0.5) is 0 Å². The Labute approximate surface area is 81.8 Å². The molecule has 0 spiro atoms. The predicted molar refractivity (Wildman–Crippen MR) is 53.8 cm³/mol. The number of carbonyl (C=O) groups excluding carboxylic acids is 1. The first-order valence-corrected chi connectivity index (χ1v) is 4.07. The zero-order valence-electron chi connectivity index (χ0n) is 7.60. The first-order valence-electron chi connectivity index (χ1n) is 4.07. The second-order valence-corrected chi connectivity index (χ2v) is 2.90. The van der Waals surface area contributed by atoms with E-state index in [1.54, 1.807) is 6.07 Å². The Morgan fingerprint density at radius 3 is 2.71 bits per heavy atom. The average Bonchev–Trinajstić information content (AvgIpc) is 2.17. The van der Waals surface area contributed by atoms with Crippen molar-refractivity contribution in [3.05, 3.63) is 42.0 Å². The fraction of sp³-hybridized carbons (Fsp3) is 0.100. The van der Waals surface area contributed by atoms with Gasteiger partial charge in [0.2, 0.25) is 0 Å². The van der Waals surface area contributed by atoms with E-state index in [-0.39, 0.29) is 17.4 Å². The summed E-state index contributed by atoms with van der Waals surface area (Å²) in [6.45, 7) is 3.53. The Morgan fingerprint density at radius 1 is 1.57 bits per heavy atom. The van der Waals surface area contributed by atoms with E-state index in [4.69, 9.17) is 11.5 Å². The normalized spacial score (nSPS) is 12.1. The van der Waals surface area contributed by atoms with Gasteiger partial charge in [-0.3, -0.25) is 4.79 Å². The third-order valence-corrected chi connectivity index (χ3v) is 1.92. The number of nitrogens with two attached hydrogens (primary N) is 2. The van der Waals surface area contributed by atoms with Crippen molar-refractivity contribution in [1.82, 2.24) is 0 Å². The van der Waals surface area contributed by atoms with Gasteiger partial charge in [0.25, 0.3) is 5.91 Å². The van der Waals surface area contributed by atoms with Crippen molar-refractivity contribution in [3.63, 3.8) is 0 Å². The number of amides is 1. The molecule has 74 valence electrons. The lowest BCUT2D eigenvalue weighted by molar-refractivity contribution is 0.0997. The number of hydrogen-bond acceptors (Lipinski definition) is 3. The quantitative estimate of drug-likeness (QED) is 0.615. The molecule has 0 fully saturated rings. The van der Waals surface area contributed by atoms with Crippen molar-refractivity contribution >= 4 is 5.91 Å². The molecule has 0 aliphatic rings. The molecule has 1 unspecified atom stereocenters. The molecular weight excluding hydrogens is 180 g/mol. The van der Waals surface area contributed by atoms with Crippen LogP contribution in [-0.4, -0.2) is 11.0 Å². The molecule has 4 heteroatoms. The average molecular weight is 192 g/mol. The molecule has 1 rings (SSSR count). The molecule has 1 atom stereocenters. The summed E-state index contributed by atoms with van der Waals surface area (Å²) in [5.74, 6) is -0.821. The van der Waals surface area contributed by atoms with Crippen LogP contribution in [0.2, 0.25) is 0 Å². The molecule has 0 saturated heterocycles. The maximum absolute atomic E-state index is 10.9. The molecule has 14 heavy (non-hydrogen) atoms. The summed E-state index contributed by atoms with van der Waals surface area (Å²) < 4.78 is 0. The van der Waals surface area contributed by atoms with Crippen LogP contribution in [-0.2, 0) is 0 Å². The van der Waals surface area contributed by atoms with Crippen LogP contribution in [0.5, 0.6) is 5.75 Å². The van der Waals surface area contributed by atoms with Gasteiger partial charge in [-0.1, -0.05) is 12.1 Å². The summed E-state index contributed by atoms with van der Waals surface area (Å²) in [5.41, 5.74) is 11.5. The Morgan fingerprint density at radius 2 is 2.21 bits per heavy atom. The van der Waals surface area contributed by atoms with E-state index >= 15 is 0 Å². The van der Waals surface area contributed by atoms with Crippen molar-refractivity contribution < 1.29 is 9.90 Å². The lowest BCUT2D eigenvalue weighted by atomic mass is 10.0. The van der Waals surface area contributed by atoms with Crippen LogP contribution in [0.25, 0.3) is 0 Å². The van der Waals surface area contributed by atoms with Gasteiger partial charge in [-0.05, 0) is 17.7 Å². The Bertz CT molecular complexity index is 374. The summed E-state index contributed by atoms with van der Waals surface area (Å²) in [6.07, 6.45) is 1.54. The summed E-state index contributed by atoms with van der Waals surface area (Å²) in [6, 6.07) is 4.10. The van der Waals surface area contributed by atoms with E-state index < -0.39 is 5.91 Å². The van der Waals surface area contributed by atoms with Gasteiger partial charge in [-0.15, -0.1) is 6.58 Å². The number of primary amides is 1. The van der Waals surface area contributed by atoms with Crippen molar-refractivity contribution in [2.75, 3.05) is 0 Å². The van der Waals surface area contributed by atoms with E-state index in [1.807, 2.05) is 0 Å². The van der Waals surface area contributed by atoms with Crippen LogP contribution >= 0.6 is 0 Å². The molecule has 0 aliphatic heterocycles. The Balaban J connectivity index is 3.19. The first-order chi connectivity index (χ1) is 6.56. The van der Waals surface area contributed by atoms with Crippen LogP contribution < -0.4 is 11.5 Å². The molecular formula is C10H12N2O2. The molecule has 1 aromatic rings. The number of hydrogen-bond donors (Lipinski definition) is 3. The third-order valence-electron chi connectivity index (χ3n) is 1.92. The minimum atomic E-state index is -0.680. The smallest absolute Gasteiger partial charge is 0.252 e. The molecule has 0 radical (unpaired) electrons. The minimum absolute atomic E-state index is 0.0693. The molecule has 1 aromatic carbocycles. The standard InChI is InChI=1S/C10H12N2O2/c1-2-8(11)6-3-4-9(13)7(5-6)10(12)14/h2-5,8,13H,1,11H2,(H2,12,14). The van der Waals surface area contributed by atoms with Gasteiger partial charge >= 0.3 is 0 Å². The summed E-state index contributed by atoms with van der Waals surface area (Å²) in [5, 5.41) is 9.29. The fourth-order valence-corrected chi connectivity index (χ4v) is 1.09. The zero-order chi connectivity index (χ0) is 10.7. The van der Waals surface area contributed by atoms with Gasteiger partial charge in [-0.2, -0.15) is 0 Å². The summed E-state index contributed by atoms with van der Waals surface area (Å²) in [4.78, 5) is 10.9. The van der Waals surface area contributed by atoms with E-state index in [0.717, 1.165) is 0 Å². The van der Waals surface area contributed by atoms with Gasteiger partial charge < -0.3 is 16.6 Å². The van der Waals surface area contributed by atoms with E-state index in [0.29, 0.717) is 5.56 Å². The van der Waals surface area contributed by atoms with Crippen LogP contribution in [0.1, 0.15) is 22.0 Å². The number of benzene rings is 1. The number of aromatic hydroxyl groups is 1. The Hall–Kier alpha value is -1.81. The topological polar surface area (TPSA) is 89.3 Å². The maximum Gasteiger partial charge on any atom is 0.252 e.